The molecule has 0 aliphatic heterocycles. The van der Waals surface area contributed by atoms with Gasteiger partial charge in [-0.15, -0.1) is 5.54 Å². The van der Waals surface area contributed by atoms with Gasteiger partial charge in [0.25, 0.3) is 0 Å². The topological polar surface area (TPSA) is 20.2 Å². The van der Waals surface area contributed by atoms with Gasteiger partial charge in [-0.3, -0.25) is 0 Å². The van der Waals surface area contributed by atoms with Crippen LogP contribution in [0.4, 0.5) is 0 Å². The lowest BCUT2D eigenvalue weighted by molar-refractivity contribution is 0.268. The third-order valence-electron chi connectivity index (χ3n) is 1.54. The number of allylic oxidation sites excluding steroid dienone is 1. The molecular formula is C11H20OSi. The number of aliphatic hydroxyl groups excluding tert-OH is 1. The highest BCUT2D eigenvalue weighted by molar-refractivity contribution is 6.83. The van der Waals surface area contributed by atoms with Crippen LogP contribution in [0.5, 0.6) is 0 Å². The first-order valence-corrected chi connectivity index (χ1v) is 8.24. The van der Waals surface area contributed by atoms with Crippen LogP contribution in [0.1, 0.15) is 20.3 Å². The summed E-state index contributed by atoms with van der Waals surface area (Å²) < 4.78 is 0. The highest BCUT2D eigenvalue weighted by Gasteiger charge is 2.09. The van der Waals surface area contributed by atoms with Crippen LogP contribution in [0.25, 0.3) is 0 Å². The lowest BCUT2D eigenvalue weighted by Crippen LogP contribution is -2.18. The molecule has 0 fully saturated rings. The molecule has 2 heteroatoms. The Balaban J connectivity index is 4.36. The van der Waals surface area contributed by atoms with Gasteiger partial charge in [0.2, 0.25) is 0 Å². The van der Waals surface area contributed by atoms with Gasteiger partial charge in [0.05, 0.1) is 0 Å². The summed E-state index contributed by atoms with van der Waals surface area (Å²) in [5.74, 6) is 2.91. The van der Waals surface area contributed by atoms with Crippen LogP contribution in [0, 0.1) is 11.5 Å². The van der Waals surface area contributed by atoms with Gasteiger partial charge in [-0.2, -0.15) is 0 Å². The van der Waals surface area contributed by atoms with E-state index in [1.54, 1.807) is 0 Å². The first-order chi connectivity index (χ1) is 5.87. The van der Waals surface area contributed by atoms with Crippen LogP contribution >= 0.6 is 0 Å². The predicted octanol–water partition coefficient (Wildman–Crippen LogP) is 2.58. The van der Waals surface area contributed by atoms with Crippen molar-refractivity contribution < 1.29 is 5.11 Å². The molecule has 0 aromatic carbocycles. The number of hydrogen-bond donors (Lipinski definition) is 1. The lowest BCUT2D eigenvalue weighted by atomic mass is 10.1. The quantitative estimate of drug-likeness (QED) is 0.409. The first-order valence-electron chi connectivity index (χ1n) is 4.74. The summed E-state index contributed by atoms with van der Waals surface area (Å²) in [6.45, 7) is 10.5. The van der Waals surface area contributed by atoms with E-state index in [0.29, 0.717) is 0 Å². The summed E-state index contributed by atoms with van der Waals surface area (Å²) in [4.78, 5) is 0. The van der Waals surface area contributed by atoms with Crippen molar-refractivity contribution in [3.05, 3.63) is 11.6 Å². The second kappa shape index (κ2) is 5.26. The molecule has 0 aliphatic rings. The van der Waals surface area contributed by atoms with Gasteiger partial charge in [-0.05, 0) is 18.9 Å². The lowest BCUT2D eigenvalue weighted by Gasteiger charge is -2.06. The molecule has 0 saturated carbocycles. The Bertz CT molecular complexity index is 237. The first kappa shape index (κ1) is 12.5. The minimum absolute atomic E-state index is 0.563. The molecule has 0 saturated heterocycles. The Labute approximate surface area is 82.9 Å². The van der Waals surface area contributed by atoms with E-state index < -0.39 is 14.2 Å². The summed E-state index contributed by atoms with van der Waals surface area (Å²) >= 11 is 0. The Morgan fingerprint density at radius 1 is 1.46 bits per heavy atom. The molecule has 0 aromatic rings. The second-order valence-electron chi connectivity index (χ2n) is 4.28. The molecule has 0 radical (unpaired) electrons. The van der Waals surface area contributed by atoms with Crippen LogP contribution in [-0.4, -0.2) is 19.3 Å². The molecule has 1 N–H and O–H groups in total. The SMILES string of the molecule is CC/C=C(\C)C(O)C#C[Si](C)(C)C. The molecule has 0 amide bonds. The Kier molecular flexibility index (Phi) is 5.05. The van der Waals surface area contributed by atoms with Gasteiger partial charge in [0.1, 0.15) is 14.2 Å². The minimum Gasteiger partial charge on any atom is -0.376 e. The number of aliphatic hydroxyl groups is 1. The van der Waals surface area contributed by atoms with Crippen LogP contribution in [0.15, 0.2) is 11.6 Å². The molecule has 74 valence electrons. The maximum atomic E-state index is 9.59. The second-order valence-corrected chi connectivity index (χ2v) is 9.03. The van der Waals surface area contributed by atoms with Crippen molar-refractivity contribution in [1.29, 1.82) is 0 Å². The number of rotatable bonds is 2. The highest BCUT2D eigenvalue weighted by atomic mass is 28.3. The molecule has 1 unspecified atom stereocenters. The van der Waals surface area contributed by atoms with Gasteiger partial charge in [-0.25, -0.2) is 0 Å². The molecule has 0 spiro atoms. The maximum Gasteiger partial charge on any atom is 0.135 e. The summed E-state index contributed by atoms with van der Waals surface area (Å²) in [7, 11) is -1.34. The monoisotopic (exact) mass is 196 g/mol. The van der Waals surface area contributed by atoms with Crippen molar-refractivity contribution >= 4 is 8.07 Å². The number of hydrogen-bond acceptors (Lipinski definition) is 1. The molecule has 1 atom stereocenters. The molecular weight excluding hydrogens is 176 g/mol. The molecule has 1 nitrogen and oxygen atoms in total. The third-order valence-corrected chi connectivity index (χ3v) is 2.44. The fraction of sp³-hybridized carbons (Fsp3) is 0.636. The molecule has 0 aromatic heterocycles. The average molecular weight is 196 g/mol. The van der Waals surface area contributed by atoms with E-state index in [1.165, 1.54) is 0 Å². The van der Waals surface area contributed by atoms with E-state index >= 15 is 0 Å². The molecule has 0 bridgehead atoms. The fourth-order valence-electron chi connectivity index (χ4n) is 0.832. The van der Waals surface area contributed by atoms with Gasteiger partial charge in [0, 0.05) is 0 Å². The predicted molar refractivity (Wildman–Crippen MR) is 61.2 cm³/mol. The van der Waals surface area contributed by atoms with E-state index in [9.17, 15) is 5.11 Å². The third kappa shape index (κ3) is 6.62. The summed E-state index contributed by atoms with van der Waals surface area (Å²) in [5.41, 5.74) is 4.12. The molecule has 13 heavy (non-hydrogen) atoms. The summed E-state index contributed by atoms with van der Waals surface area (Å²) in [5, 5.41) is 9.59. The molecule has 0 heterocycles. The van der Waals surface area contributed by atoms with Crippen molar-refractivity contribution in [3.63, 3.8) is 0 Å². The van der Waals surface area contributed by atoms with Gasteiger partial charge >= 0.3 is 0 Å². The minimum atomic E-state index is -1.34. The van der Waals surface area contributed by atoms with E-state index in [1.807, 2.05) is 13.0 Å². The normalized spacial score (nSPS) is 14.8. The fourth-order valence-corrected chi connectivity index (χ4v) is 1.40. The van der Waals surface area contributed by atoms with Crippen LogP contribution in [0.3, 0.4) is 0 Å². The zero-order valence-corrected chi connectivity index (χ0v) is 10.3. The molecule has 0 aliphatic carbocycles. The van der Waals surface area contributed by atoms with Crippen LogP contribution < -0.4 is 0 Å². The highest BCUT2D eigenvalue weighted by Crippen LogP contribution is 2.03. The Morgan fingerprint density at radius 3 is 2.38 bits per heavy atom. The van der Waals surface area contributed by atoms with E-state index in [4.69, 9.17) is 0 Å². The van der Waals surface area contributed by atoms with E-state index in [-0.39, 0.29) is 0 Å². The molecule has 0 rings (SSSR count). The largest absolute Gasteiger partial charge is 0.376 e. The summed E-state index contributed by atoms with van der Waals surface area (Å²) in [6.07, 6.45) is 2.41. The standard InChI is InChI=1S/C11H20OSi/c1-6-7-10(2)11(12)8-9-13(3,4)5/h7,11-12H,6H2,1-5H3/b10-7+. The van der Waals surface area contributed by atoms with E-state index in [0.717, 1.165) is 12.0 Å². The zero-order chi connectivity index (χ0) is 10.5. The Hall–Kier alpha value is -0.523. The van der Waals surface area contributed by atoms with Crippen molar-refractivity contribution in [3.8, 4) is 11.5 Å². The van der Waals surface area contributed by atoms with Crippen LogP contribution in [-0.2, 0) is 0 Å². The van der Waals surface area contributed by atoms with Gasteiger partial charge in [-0.1, -0.05) is 38.6 Å². The van der Waals surface area contributed by atoms with E-state index in [2.05, 4.69) is 38.0 Å². The van der Waals surface area contributed by atoms with Crippen molar-refractivity contribution in [1.82, 2.24) is 0 Å². The summed E-state index contributed by atoms with van der Waals surface area (Å²) in [6, 6.07) is 0. The Morgan fingerprint density at radius 2 is 2.00 bits per heavy atom. The van der Waals surface area contributed by atoms with Crippen molar-refractivity contribution in [2.24, 2.45) is 0 Å². The van der Waals surface area contributed by atoms with Crippen molar-refractivity contribution in [2.75, 3.05) is 0 Å². The van der Waals surface area contributed by atoms with Crippen LogP contribution in [0.2, 0.25) is 19.6 Å². The smallest absolute Gasteiger partial charge is 0.135 e. The van der Waals surface area contributed by atoms with Crippen molar-refractivity contribution in [2.45, 2.75) is 46.0 Å². The average Bonchev–Trinajstić information content (AvgIpc) is 1.99. The van der Waals surface area contributed by atoms with Gasteiger partial charge < -0.3 is 5.11 Å². The maximum absolute atomic E-state index is 9.59. The zero-order valence-electron chi connectivity index (χ0n) is 9.31. The van der Waals surface area contributed by atoms with Gasteiger partial charge in [0.15, 0.2) is 0 Å².